The number of likely N-dealkylation sites (tertiary alicyclic amines) is 1. The minimum atomic E-state index is 0.571. The van der Waals surface area contributed by atoms with Crippen LogP contribution in [0.5, 0.6) is 0 Å². The van der Waals surface area contributed by atoms with Crippen LogP contribution in [0.15, 0.2) is 0 Å². The van der Waals surface area contributed by atoms with Crippen molar-refractivity contribution in [3.8, 4) is 0 Å². The van der Waals surface area contributed by atoms with Gasteiger partial charge < -0.3 is 4.90 Å². The highest BCUT2D eigenvalue weighted by Crippen LogP contribution is 2.30. The predicted molar refractivity (Wildman–Crippen MR) is 58.9 cm³/mol. The molecule has 1 aliphatic rings. The summed E-state index contributed by atoms with van der Waals surface area (Å²) < 4.78 is 0. The quantitative estimate of drug-likeness (QED) is 0.647. The number of nitrogens with zero attached hydrogens (tertiary/aromatic N) is 1. The van der Waals surface area contributed by atoms with E-state index in [4.69, 9.17) is 0 Å². The zero-order chi connectivity index (χ0) is 9.90. The third-order valence-electron chi connectivity index (χ3n) is 3.68. The van der Waals surface area contributed by atoms with Crippen LogP contribution in [0.4, 0.5) is 0 Å². The van der Waals surface area contributed by atoms with Crippen LogP contribution in [0.25, 0.3) is 0 Å². The maximum atomic E-state index is 2.46. The summed E-state index contributed by atoms with van der Waals surface area (Å²) in [4.78, 5) is 2.46. The molecule has 0 amide bonds. The highest BCUT2D eigenvalue weighted by Gasteiger charge is 2.22. The number of rotatable bonds is 4. The topological polar surface area (TPSA) is 3.24 Å². The van der Waals surface area contributed by atoms with Gasteiger partial charge in [0.05, 0.1) is 0 Å². The summed E-state index contributed by atoms with van der Waals surface area (Å²) in [5, 5.41) is 0. The Morgan fingerprint density at radius 1 is 1.38 bits per heavy atom. The van der Waals surface area contributed by atoms with E-state index in [0.717, 1.165) is 5.92 Å². The van der Waals surface area contributed by atoms with Gasteiger partial charge in [-0.15, -0.1) is 0 Å². The zero-order valence-electron chi connectivity index (χ0n) is 9.77. The molecule has 0 aromatic rings. The third-order valence-corrected chi connectivity index (χ3v) is 3.68. The zero-order valence-corrected chi connectivity index (χ0v) is 9.77. The molecule has 1 nitrogen and oxygen atoms in total. The van der Waals surface area contributed by atoms with Gasteiger partial charge in [0.1, 0.15) is 0 Å². The Morgan fingerprint density at radius 2 is 2.08 bits per heavy atom. The Balaban J connectivity index is 2.19. The summed E-state index contributed by atoms with van der Waals surface area (Å²) >= 11 is 0. The summed E-state index contributed by atoms with van der Waals surface area (Å²) in [5.41, 5.74) is 0.571. The van der Waals surface area contributed by atoms with E-state index in [0.29, 0.717) is 5.41 Å². The second kappa shape index (κ2) is 4.45. The lowest BCUT2D eigenvalue weighted by Crippen LogP contribution is -2.16. The smallest absolute Gasteiger partial charge is 0.000709 e. The third kappa shape index (κ3) is 3.68. The lowest BCUT2D eigenvalue weighted by atomic mass is 9.82. The average molecular weight is 183 g/mol. The van der Waals surface area contributed by atoms with Crippen LogP contribution in [0, 0.1) is 11.3 Å². The lowest BCUT2D eigenvalue weighted by Gasteiger charge is -2.24. The first kappa shape index (κ1) is 11.0. The van der Waals surface area contributed by atoms with E-state index in [1.165, 1.54) is 38.8 Å². The first-order valence-electron chi connectivity index (χ1n) is 5.72. The van der Waals surface area contributed by atoms with Crippen LogP contribution in [0.3, 0.4) is 0 Å². The normalized spacial score (nSPS) is 25.4. The number of hydrogen-bond donors (Lipinski definition) is 0. The van der Waals surface area contributed by atoms with Crippen molar-refractivity contribution in [3.63, 3.8) is 0 Å². The predicted octanol–water partition coefficient (Wildman–Crippen LogP) is 3.15. The second-order valence-electron chi connectivity index (χ2n) is 5.47. The Bertz CT molecular complexity index is 151. The van der Waals surface area contributed by atoms with Gasteiger partial charge >= 0.3 is 0 Å². The highest BCUT2D eigenvalue weighted by atomic mass is 15.1. The summed E-state index contributed by atoms with van der Waals surface area (Å²) in [6.45, 7) is 9.75. The average Bonchev–Trinajstić information content (AvgIpc) is 2.48. The minimum Gasteiger partial charge on any atom is -0.306 e. The van der Waals surface area contributed by atoms with E-state index in [1.807, 2.05) is 0 Å². The van der Waals surface area contributed by atoms with Crippen LogP contribution >= 0.6 is 0 Å². The molecule has 0 spiro atoms. The van der Waals surface area contributed by atoms with Crippen molar-refractivity contribution in [2.45, 2.75) is 46.5 Å². The van der Waals surface area contributed by atoms with Crippen molar-refractivity contribution < 1.29 is 0 Å². The fraction of sp³-hybridized carbons (Fsp3) is 1.00. The van der Waals surface area contributed by atoms with Gasteiger partial charge in [0.15, 0.2) is 0 Å². The fourth-order valence-electron chi connectivity index (χ4n) is 2.03. The second-order valence-corrected chi connectivity index (χ2v) is 5.47. The van der Waals surface area contributed by atoms with Gasteiger partial charge in [-0.25, -0.2) is 0 Å². The standard InChI is InChI=1S/C12H25N/c1-5-12(2,3)8-6-11-7-9-13(4)10-11/h11H,5-10H2,1-4H3. The molecular formula is C12H25N. The molecule has 1 heteroatoms. The monoisotopic (exact) mass is 183 g/mol. The molecule has 1 fully saturated rings. The Hall–Kier alpha value is -0.0400. The van der Waals surface area contributed by atoms with Crippen molar-refractivity contribution in [2.24, 2.45) is 11.3 Å². The molecule has 1 aliphatic heterocycles. The molecule has 1 saturated heterocycles. The Morgan fingerprint density at radius 3 is 2.54 bits per heavy atom. The molecule has 1 atom stereocenters. The molecular weight excluding hydrogens is 158 g/mol. The first-order chi connectivity index (χ1) is 6.03. The molecule has 0 N–H and O–H groups in total. The van der Waals surface area contributed by atoms with E-state index < -0.39 is 0 Å². The largest absolute Gasteiger partial charge is 0.306 e. The van der Waals surface area contributed by atoms with Crippen molar-refractivity contribution in [3.05, 3.63) is 0 Å². The van der Waals surface area contributed by atoms with E-state index in [2.05, 4.69) is 32.7 Å². The summed E-state index contributed by atoms with van der Waals surface area (Å²) in [5.74, 6) is 0.982. The number of hydrogen-bond acceptors (Lipinski definition) is 1. The van der Waals surface area contributed by atoms with Crippen LogP contribution in [-0.4, -0.2) is 25.0 Å². The lowest BCUT2D eigenvalue weighted by molar-refractivity contribution is 0.281. The molecule has 1 unspecified atom stereocenters. The highest BCUT2D eigenvalue weighted by molar-refractivity contribution is 4.76. The molecule has 0 radical (unpaired) electrons. The van der Waals surface area contributed by atoms with Crippen molar-refractivity contribution >= 4 is 0 Å². The van der Waals surface area contributed by atoms with Crippen LogP contribution in [0.1, 0.15) is 46.5 Å². The minimum absolute atomic E-state index is 0.571. The van der Waals surface area contributed by atoms with Gasteiger partial charge in [-0.2, -0.15) is 0 Å². The van der Waals surface area contributed by atoms with Gasteiger partial charge in [0, 0.05) is 6.54 Å². The molecule has 0 aromatic carbocycles. The van der Waals surface area contributed by atoms with Crippen LogP contribution in [-0.2, 0) is 0 Å². The SMILES string of the molecule is CCC(C)(C)CCC1CCN(C)C1. The van der Waals surface area contributed by atoms with Crippen molar-refractivity contribution in [1.82, 2.24) is 4.90 Å². The fourth-order valence-corrected chi connectivity index (χ4v) is 2.03. The summed E-state index contributed by atoms with van der Waals surface area (Å²) in [7, 11) is 2.24. The first-order valence-corrected chi connectivity index (χ1v) is 5.72. The Kier molecular flexibility index (Phi) is 3.78. The Labute approximate surface area is 83.5 Å². The van der Waals surface area contributed by atoms with Gasteiger partial charge in [-0.05, 0) is 44.2 Å². The van der Waals surface area contributed by atoms with Crippen LogP contribution in [0.2, 0.25) is 0 Å². The maximum absolute atomic E-state index is 2.46. The maximum Gasteiger partial charge on any atom is 0.000709 e. The van der Waals surface area contributed by atoms with E-state index >= 15 is 0 Å². The molecule has 0 saturated carbocycles. The molecule has 78 valence electrons. The molecule has 0 aromatic heterocycles. The van der Waals surface area contributed by atoms with Gasteiger partial charge in [-0.1, -0.05) is 27.2 Å². The van der Waals surface area contributed by atoms with Crippen molar-refractivity contribution in [2.75, 3.05) is 20.1 Å². The molecule has 1 heterocycles. The van der Waals surface area contributed by atoms with Crippen molar-refractivity contribution in [1.29, 1.82) is 0 Å². The van der Waals surface area contributed by atoms with E-state index in [1.54, 1.807) is 0 Å². The summed E-state index contributed by atoms with van der Waals surface area (Å²) in [6.07, 6.45) is 5.58. The van der Waals surface area contributed by atoms with E-state index in [9.17, 15) is 0 Å². The molecule has 1 rings (SSSR count). The van der Waals surface area contributed by atoms with Crippen LogP contribution < -0.4 is 0 Å². The van der Waals surface area contributed by atoms with E-state index in [-0.39, 0.29) is 0 Å². The molecule has 0 bridgehead atoms. The van der Waals surface area contributed by atoms with Gasteiger partial charge in [-0.3, -0.25) is 0 Å². The molecule has 0 aliphatic carbocycles. The molecule has 13 heavy (non-hydrogen) atoms. The van der Waals surface area contributed by atoms with Gasteiger partial charge in [0.2, 0.25) is 0 Å². The van der Waals surface area contributed by atoms with Gasteiger partial charge in [0.25, 0.3) is 0 Å². The summed E-state index contributed by atoms with van der Waals surface area (Å²) in [6, 6.07) is 0.